The summed E-state index contributed by atoms with van der Waals surface area (Å²) in [5.74, 6) is -10.7. The maximum absolute atomic E-state index is 14.3. The Morgan fingerprint density at radius 1 is 0.659 bits per heavy atom. The van der Waals surface area contributed by atoms with E-state index >= 15 is 0 Å². The molecule has 2 rings (SSSR count). The fourth-order valence-corrected chi connectivity index (χ4v) is 8.94. The number of rotatable bonds is 41. The average molecular weight is 1230 g/mol. The average Bonchev–Trinajstić information content (AvgIpc) is 4.09. The molecule has 0 bridgehead atoms. The molecule has 0 saturated carbocycles. The summed E-state index contributed by atoms with van der Waals surface area (Å²) in [6.07, 6.45) is 5.10. The number of benzene rings is 1. The monoisotopic (exact) mass is 1230 g/mol. The van der Waals surface area contributed by atoms with E-state index in [1.807, 2.05) is 0 Å². The summed E-state index contributed by atoms with van der Waals surface area (Å²) in [6, 6.07) is -6.11. The van der Waals surface area contributed by atoms with Crippen LogP contribution in [0.25, 0.3) is 0 Å². The fraction of sp³-hybridized carbons (Fsp3) is 0.604. The molecule has 0 aliphatic rings. The Morgan fingerprint density at radius 2 is 1.21 bits per heavy atom. The number of primary amides is 1. The molecule has 0 fully saturated rings. The van der Waals surface area contributed by atoms with Crippen molar-refractivity contribution in [3.63, 3.8) is 0 Å². The topological polar surface area (TPSA) is 508 Å². The van der Waals surface area contributed by atoms with Crippen molar-refractivity contribution >= 4 is 95.4 Å². The number of carbonyl (C=O) groups excluding carboxylic acids is 10. The Hall–Kier alpha value is -7.71. The number of unbranched alkanes of at least 4 members (excludes halogenated alkanes) is 1. The number of H-pyrrole nitrogens is 1. The van der Waals surface area contributed by atoms with Crippen LogP contribution in [0.3, 0.4) is 0 Å². The van der Waals surface area contributed by atoms with Crippen LogP contribution in [0.4, 0.5) is 0 Å². The number of phenolic OH excluding ortho intramolecular Hbond substituents is 1. The van der Waals surface area contributed by atoms with Gasteiger partial charge in [-0.3, -0.25) is 52.9 Å². The van der Waals surface area contributed by atoms with Gasteiger partial charge in [0.1, 0.15) is 54.1 Å². The van der Waals surface area contributed by atoms with Crippen molar-refractivity contribution in [3.8, 4) is 5.75 Å². The third-order valence-electron chi connectivity index (χ3n) is 12.9. The number of imidazole rings is 1. The SMILES string of the molecule is CSCC[C@H](NC(=O)[C@H](Cc1ccc(O)cc1)NC(=O)CNC(=O)[C@@H](NC(=O)[C@H](CCCN=C(N)N)NC(=O)[C@H](CC(C)C)NC(=O)[C@H](CCC(N)=O)NC(=O)[C@H](CS)NC(=O)[C@@H](N)CCCCN)C(C)C)C(=O)N[C@@H](Cc1cnc[nH]1)C(=O)O. The predicted octanol–water partition coefficient (Wildman–Crippen LogP) is -3.86. The molecule has 30 nitrogen and oxygen atoms in total. The first-order chi connectivity index (χ1) is 40.2. The Balaban J connectivity index is 2.36. The molecule has 32 heteroatoms. The second kappa shape index (κ2) is 39.0. The summed E-state index contributed by atoms with van der Waals surface area (Å²) in [5.41, 5.74) is 28.9. The van der Waals surface area contributed by atoms with Crippen LogP contribution in [0.15, 0.2) is 41.8 Å². The number of nitrogens with two attached hydrogens (primary N) is 5. The first-order valence-electron chi connectivity index (χ1n) is 27.8. The van der Waals surface area contributed by atoms with Crippen LogP contribution in [-0.2, 0) is 65.6 Å². The predicted molar refractivity (Wildman–Crippen MR) is 321 cm³/mol. The van der Waals surface area contributed by atoms with Gasteiger partial charge in [0.25, 0.3) is 0 Å². The maximum Gasteiger partial charge on any atom is 0.326 e. The Morgan fingerprint density at radius 3 is 1.75 bits per heavy atom. The number of aliphatic carboxylic acids is 1. The first-order valence-corrected chi connectivity index (χ1v) is 29.8. The highest BCUT2D eigenvalue weighted by atomic mass is 32.2. The molecule has 0 saturated heterocycles. The van der Waals surface area contributed by atoms with Gasteiger partial charge < -0.3 is 91.7 Å². The van der Waals surface area contributed by atoms with Crippen LogP contribution in [0.5, 0.6) is 5.75 Å². The standard InChI is InChI=1S/C53H87N17O13S2/c1-28(2)21-37(67-45(75)35(15-16-41(56)72)65-50(80)40(26-84)69-44(74)33(55)9-6-7-18-54)48(78)64-34(10-8-19-60-53(57)58)47(77)70-43(29(3)4)51(81)61-25-42(73)63-38(22-30-11-13-32(71)14-12-30)49(79)66-36(17-20-85-5)46(76)68-39(52(82)83)23-31-24-59-27-62-31/h11-14,24,27-29,33-40,43,71,84H,6-10,15-23,25-26,54-55H2,1-5H3,(H2,56,72)(H,59,62)(H,61,81)(H,63,73)(H,64,78)(H,65,80)(H,66,79)(H,67,75)(H,68,76)(H,69,74)(H,70,77)(H,82,83)(H4,57,58,60)/t33-,34-,35-,36-,37-,38-,39-,40-,43-/m0/s1. The van der Waals surface area contributed by atoms with Gasteiger partial charge in [0.15, 0.2) is 5.96 Å². The van der Waals surface area contributed by atoms with E-state index in [9.17, 15) is 63.0 Å². The van der Waals surface area contributed by atoms with E-state index in [-0.39, 0.29) is 81.3 Å². The summed E-state index contributed by atoms with van der Waals surface area (Å²) in [6.45, 7) is 6.39. The number of thioether (sulfide) groups is 1. The van der Waals surface area contributed by atoms with Gasteiger partial charge in [-0.25, -0.2) is 9.78 Å². The molecule has 0 radical (unpaired) electrons. The van der Waals surface area contributed by atoms with Crippen LogP contribution in [0, 0.1) is 11.8 Å². The van der Waals surface area contributed by atoms with Crippen molar-refractivity contribution in [1.29, 1.82) is 0 Å². The van der Waals surface area contributed by atoms with Crippen molar-refractivity contribution in [1.82, 2.24) is 57.8 Å². The molecular weight excluding hydrogens is 1150 g/mol. The minimum Gasteiger partial charge on any atom is -0.508 e. The molecule has 1 aromatic heterocycles. The number of carbonyl (C=O) groups is 11. The van der Waals surface area contributed by atoms with Crippen LogP contribution in [-0.4, -0.2) is 183 Å². The lowest BCUT2D eigenvalue weighted by Gasteiger charge is -2.28. The molecule has 85 heavy (non-hydrogen) atoms. The van der Waals surface area contributed by atoms with E-state index in [0.29, 0.717) is 42.8 Å². The van der Waals surface area contributed by atoms with Gasteiger partial charge >= 0.3 is 5.97 Å². The number of aromatic nitrogens is 2. The van der Waals surface area contributed by atoms with Gasteiger partial charge in [-0.1, -0.05) is 46.2 Å². The number of phenols is 1. The van der Waals surface area contributed by atoms with Gasteiger partial charge in [0.2, 0.25) is 59.1 Å². The van der Waals surface area contributed by atoms with Gasteiger partial charge in [-0.2, -0.15) is 24.4 Å². The van der Waals surface area contributed by atoms with Crippen molar-refractivity contribution in [2.75, 3.05) is 37.4 Å². The van der Waals surface area contributed by atoms with Crippen molar-refractivity contribution < 1.29 is 63.0 Å². The number of hydrogen-bond acceptors (Lipinski definition) is 18. The minimum atomic E-state index is -1.46. The zero-order valence-corrected chi connectivity index (χ0v) is 50.4. The first kappa shape index (κ1) is 73.4. The molecule has 0 unspecified atom stereocenters. The molecule has 22 N–H and O–H groups in total. The smallest absolute Gasteiger partial charge is 0.326 e. The van der Waals surface area contributed by atoms with Crippen LogP contribution in [0.1, 0.15) is 96.7 Å². The van der Waals surface area contributed by atoms with Crippen molar-refractivity contribution in [2.24, 2.45) is 45.5 Å². The molecule has 1 heterocycles. The van der Waals surface area contributed by atoms with E-state index in [1.165, 1.54) is 48.6 Å². The number of aromatic amines is 1. The summed E-state index contributed by atoms with van der Waals surface area (Å²) in [5, 5.41) is 42.8. The molecule has 0 aliphatic heterocycles. The molecular formula is C53H87N17O13S2. The van der Waals surface area contributed by atoms with E-state index in [4.69, 9.17) is 28.7 Å². The molecule has 0 aliphatic carbocycles. The van der Waals surface area contributed by atoms with E-state index in [2.05, 4.69) is 75.4 Å². The van der Waals surface area contributed by atoms with Crippen LogP contribution >= 0.6 is 24.4 Å². The maximum atomic E-state index is 14.3. The largest absolute Gasteiger partial charge is 0.508 e. The molecule has 10 amide bonds. The number of nitrogens with zero attached hydrogens (tertiary/aromatic N) is 2. The molecule has 9 atom stereocenters. The Kier molecular flexibility index (Phi) is 33.7. The number of aliphatic imine (C=N–C) groups is 1. The van der Waals surface area contributed by atoms with Gasteiger partial charge in [0, 0.05) is 43.5 Å². The quantitative estimate of drug-likeness (QED) is 0.0131. The number of hydrogen-bond donors (Lipinski definition) is 18. The van der Waals surface area contributed by atoms with Gasteiger partial charge in [-0.15, -0.1) is 0 Å². The number of thiol groups is 1. The highest BCUT2D eigenvalue weighted by Crippen LogP contribution is 2.14. The summed E-state index contributed by atoms with van der Waals surface area (Å²) in [4.78, 5) is 159. The molecule has 474 valence electrons. The number of amides is 10. The number of carboxylic acids is 1. The second-order valence-electron chi connectivity index (χ2n) is 20.9. The van der Waals surface area contributed by atoms with E-state index < -0.39 is 132 Å². The minimum absolute atomic E-state index is 0.00124. The third kappa shape index (κ3) is 28.6. The lowest BCUT2D eigenvalue weighted by Crippen LogP contribution is -2.60. The second-order valence-corrected chi connectivity index (χ2v) is 22.2. The third-order valence-corrected chi connectivity index (χ3v) is 13.9. The fourth-order valence-electron chi connectivity index (χ4n) is 8.21. The normalized spacial score (nSPS) is 14.3. The summed E-state index contributed by atoms with van der Waals surface area (Å²) < 4.78 is 0. The van der Waals surface area contributed by atoms with Crippen LogP contribution in [0.2, 0.25) is 0 Å². The van der Waals surface area contributed by atoms with Gasteiger partial charge in [-0.05, 0) is 93.0 Å². The summed E-state index contributed by atoms with van der Waals surface area (Å²) in [7, 11) is 0. The number of nitrogens with one attached hydrogen (secondary N) is 10. The zero-order chi connectivity index (χ0) is 63.8. The molecule has 1 aromatic carbocycles. The van der Waals surface area contributed by atoms with Crippen LogP contribution < -0.4 is 76.5 Å². The Bertz CT molecular complexity index is 2540. The highest BCUT2D eigenvalue weighted by molar-refractivity contribution is 7.98. The van der Waals surface area contributed by atoms with E-state index in [1.54, 1.807) is 34.0 Å². The van der Waals surface area contributed by atoms with Gasteiger partial charge in [0.05, 0.1) is 18.9 Å². The highest BCUT2D eigenvalue weighted by Gasteiger charge is 2.35. The summed E-state index contributed by atoms with van der Waals surface area (Å²) >= 11 is 5.56. The number of aromatic hydroxyl groups is 1. The number of carboxylic acid groups (broad SMARTS) is 1. The van der Waals surface area contributed by atoms with Crippen molar-refractivity contribution in [3.05, 3.63) is 48.0 Å². The lowest BCUT2D eigenvalue weighted by atomic mass is 10.00. The lowest BCUT2D eigenvalue weighted by molar-refractivity contribution is -0.142. The zero-order valence-electron chi connectivity index (χ0n) is 48.7. The molecule has 0 spiro atoms. The number of guanidine groups is 1. The Labute approximate surface area is 503 Å². The molecule has 2 aromatic rings. The van der Waals surface area contributed by atoms with E-state index in [0.717, 1.165) is 0 Å². The van der Waals surface area contributed by atoms with Crippen molar-refractivity contribution in [2.45, 2.75) is 153 Å².